The SMILES string of the molecule is Cc1ccc(-c2nc3ncccc3o2)cc1NC(=S)NC(=O)C(c1ccccc1)c1ccccc1. The number of fused-ring (bicyclic) bond motifs is 1. The number of aryl methyl sites for hydroxylation is 1. The van der Waals surface area contributed by atoms with Gasteiger partial charge in [-0.1, -0.05) is 66.7 Å². The molecule has 5 aromatic rings. The molecule has 0 aliphatic carbocycles. The normalized spacial score (nSPS) is 10.9. The van der Waals surface area contributed by atoms with Crippen LogP contribution in [0, 0.1) is 6.92 Å². The van der Waals surface area contributed by atoms with Gasteiger partial charge in [0.15, 0.2) is 16.3 Å². The minimum atomic E-state index is -0.489. The number of benzene rings is 3. The standard InChI is InChI=1S/C28H22N4O2S/c1-18-14-15-21(27-31-25-23(34-27)13-8-16-29-25)17-22(18)30-28(35)32-26(33)24(19-9-4-2-5-10-19)20-11-6-3-7-12-20/h2-17,24H,1H3,(H2,30,32,33,35). The van der Waals surface area contributed by atoms with Crippen LogP contribution in [0.15, 0.2) is 102 Å². The third-order valence-corrected chi connectivity index (χ3v) is 5.87. The Hall–Kier alpha value is -4.36. The molecule has 0 fully saturated rings. The smallest absolute Gasteiger partial charge is 0.238 e. The van der Waals surface area contributed by atoms with Crippen LogP contribution in [0.2, 0.25) is 0 Å². The van der Waals surface area contributed by atoms with Crippen molar-refractivity contribution in [1.82, 2.24) is 15.3 Å². The van der Waals surface area contributed by atoms with Gasteiger partial charge < -0.3 is 15.1 Å². The summed E-state index contributed by atoms with van der Waals surface area (Å²) in [4.78, 5) is 22.0. The molecule has 0 bridgehead atoms. The first-order chi connectivity index (χ1) is 17.1. The maximum absolute atomic E-state index is 13.3. The zero-order valence-electron chi connectivity index (χ0n) is 18.9. The molecule has 5 rings (SSSR count). The first-order valence-corrected chi connectivity index (χ1v) is 11.5. The topological polar surface area (TPSA) is 80.1 Å². The van der Waals surface area contributed by atoms with Crippen molar-refractivity contribution >= 4 is 40.2 Å². The second-order valence-electron chi connectivity index (χ2n) is 8.07. The number of carbonyl (C=O) groups is 1. The van der Waals surface area contributed by atoms with Gasteiger partial charge in [0.1, 0.15) is 0 Å². The molecular formula is C28H22N4O2S. The van der Waals surface area contributed by atoms with Crippen molar-refractivity contribution in [1.29, 1.82) is 0 Å². The number of thiocarbonyl (C=S) groups is 1. The van der Waals surface area contributed by atoms with Gasteiger partial charge in [0.25, 0.3) is 0 Å². The van der Waals surface area contributed by atoms with Gasteiger partial charge in [0.05, 0.1) is 5.92 Å². The van der Waals surface area contributed by atoms with Gasteiger partial charge >= 0.3 is 0 Å². The summed E-state index contributed by atoms with van der Waals surface area (Å²) >= 11 is 5.51. The lowest BCUT2D eigenvalue weighted by atomic mass is 9.90. The molecule has 7 heteroatoms. The Bertz CT molecular complexity index is 1430. The zero-order chi connectivity index (χ0) is 24.2. The molecule has 0 aliphatic heterocycles. The second kappa shape index (κ2) is 9.87. The highest BCUT2D eigenvalue weighted by Gasteiger charge is 2.23. The number of nitrogens with zero attached hydrogens (tertiary/aromatic N) is 2. The lowest BCUT2D eigenvalue weighted by Gasteiger charge is -2.19. The molecule has 2 aromatic heterocycles. The summed E-state index contributed by atoms with van der Waals surface area (Å²) in [6.45, 7) is 1.96. The Balaban J connectivity index is 1.36. The van der Waals surface area contributed by atoms with Crippen molar-refractivity contribution in [2.45, 2.75) is 12.8 Å². The maximum Gasteiger partial charge on any atom is 0.238 e. The van der Waals surface area contributed by atoms with E-state index in [-0.39, 0.29) is 11.0 Å². The van der Waals surface area contributed by atoms with Crippen LogP contribution in [0.4, 0.5) is 5.69 Å². The lowest BCUT2D eigenvalue weighted by molar-refractivity contribution is -0.120. The highest BCUT2D eigenvalue weighted by atomic mass is 32.1. The van der Waals surface area contributed by atoms with E-state index in [4.69, 9.17) is 16.6 Å². The number of hydrogen-bond donors (Lipinski definition) is 2. The van der Waals surface area contributed by atoms with Crippen LogP contribution >= 0.6 is 12.2 Å². The first kappa shape index (κ1) is 22.4. The van der Waals surface area contributed by atoms with Crippen molar-refractivity contribution < 1.29 is 9.21 Å². The fraction of sp³-hybridized carbons (Fsp3) is 0.0714. The molecule has 3 aromatic carbocycles. The van der Waals surface area contributed by atoms with Crippen LogP contribution in [-0.2, 0) is 4.79 Å². The third kappa shape index (κ3) is 4.95. The minimum Gasteiger partial charge on any atom is -0.434 e. The molecule has 0 unspecified atom stereocenters. The molecule has 0 aliphatic rings. The van der Waals surface area contributed by atoms with E-state index >= 15 is 0 Å². The maximum atomic E-state index is 13.3. The fourth-order valence-electron chi connectivity index (χ4n) is 3.91. The van der Waals surface area contributed by atoms with Gasteiger partial charge in [-0.15, -0.1) is 0 Å². The van der Waals surface area contributed by atoms with Crippen molar-refractivity contribution in [2.24, 2.45) is 0 Å². The third-order valence-electron chi connectivity index (χ3n) is 5.66. The van der Waals surface area contributed by atoms with Crippen LogP contribution in [0.1, 0.15) is 22.6 Å². The van der Waals surface area contributed by atoms with Crippen molar-refractivity contribution in [3.63, 3.8) is 0 Å². The number of oxazole rings is 1. The Kier molecular flexibility index (Phi) is 6.32. The average Bonchev–Trinajstić information content (AvgIpc) is 3.31. The average molecular weight is 479 g/mol. The van der Waals surface area contributed by atoms with Crippen LogP contribution < -0.4 is 10.6 Å². The predicted molar refractivity (Wildman–Crippen MR) is 141 cm³/mol. The highest BCUT2D eigenvalue weighted by Crippen LogP contribution is 2.28. The van der Waals surface area contributed by atoms with Gasteiger partial charge in [-0.3, -0.25) is 4.79 Å². The monoisotopic (exact) mass is 478 g/mol. The summed E-state index contributed by atoms with van der Waals surface area (Å²) in [6, 6.07) is 28.7. The second-order valence-corrected chi connectivity index (χ2v) is 8.48. The van der Waals surface area contributed by atoms with E-state index in [2.05, 4.69) is 20.6 Å². The van der Waals surface area contributed by atoms with Crippen molar-refractivity contribution in [3.8, 4) is 11.5 Å². The molecule has 0 radical (unpaired) electrons. The summed E-state index contributed by atoms with van der Waals surface area (Å²) < 4.78 is 5.84. The van der Waals surface area contributed by atoms with Crippen molar-refractivity contribution in [2.75, 3.05) is 5.32 Å². The van der Waals surface area contributed by atoms with Gasteiger partial charge in [0.2, 0.25) is 11.8 Å². The summed E-state index contributed by atoms with van der Waals surface area (Å²) in [5, 5.41) is 6.24. The van der Waals surface area contributed by atoms with E-state index in [0.717, 1.165) is 27.9 Å². The number of amides is 1. The van der Waals surface area contributed by atoms with E-state index in [0.29, 0.717) is 17.1 Å². The predicted octanol–water partition coefficient (Wildman–Crippen LogP) is 5.84. The fourth-order valence-corrected chi connectivity index (χ4v) is 4.12. The zero-order valence-corrected chi connectivity index (χ0v) is 19.8. The van der Waals surface area contributed by atoms with Crippen LogP contribution in [0.5, 0.6) is 0 Å². The number of rotatable bonds is 5. The number of pyridine rings is 1. The Morgan fingerprint density at radius 3 is 2.26 bits per heavy atom. The Morgan fingerprint density at radius 2 is 1.60 bits per heavy atom. The summed E-state index contributed by atoms with van der Waals surface area (Å²) in [5.74, 6) is -0.236. The number of hydrogen-bond acceptors (Lipinski definition) is 5. The number of anilines is 1. The van der Waals surface area contributed by atoms with E-state index in [1.807, 2.05) is 91.9 Å². The summed E-state index contributed by atoms with van der Waals surface area (Å²) in [5.41, 5.74) is 5.43. The van der Waals surface area contributed by atoms with E-state index in [9.17, 15) is 4.79 Å². The molecule has 0 spiro atoms. The quantitative estimate of drug-likeness (QED) is 0.309. The van der Waals surface area contributed by atoms with Crippen LogP contribution in [0.25, 0.3) is 22.7 Å². The number of aromatic nitrogens is 2. The molecular weight excluding hydrogens is 456 g/mol. The van der Waals surface area contributed by atoms with Crippen molar-refractivity contribution in [3.05, 3.63) is 114 Å². The van der Waals surface area contributed by atoms with E-state index < -0.39 is 5.92 Å². The van der Waals surface area contributed by atoms with Gasteiger partial charge in [-0.2, -0.15) is 4.98 Å². The Labute approximate surface area is 208 Å². The molecule has 0 atom stereocenters. The Morgan fingerprint density at radius 1 is 0.914 bits per heavy atom. The molecule has 0 saturated heterocycles. The van der Waals surface area contributed by atoms with E-state index in [1.54, 1.807) is 12.3 Å². The number of carbonyl (C=O) groups excluding carboxylic acids is 1. The molecule has 0 saturated carbocycles. The van der Waals surface area contributed by atoms with Gasteiger partial charge in [-0.05, 0) is 60.1 Å². The molecule has 6 nitrogen and oxygen atoms in total. The first-order valence-electron chi connectivity index (χ1n) is 11.1. The van der Waals surface area contributed by atoms with Crippen LogP contribution in [-0.4, -0.2) is 21.0 Å². The largest absolute Gasteiger partial charge is 0.434 e. The summed E-state index contributed by atoms with van der Waals surface area (Å²) in [6.07, 6.45) is 1.68. The molecule has 1 amide bonds. The summed E-state index contributed by atoms with van der Waals surface area (Å²) in [7, 11) is 0. The minimum absolute atomic E-state index is 0.210. The molecule has 2 heterocycles. The molecule has 172 valence electrons. The number of nitrogens with one attached hydrogen (secondary N) is 2. The van der Waals surface area contributed by atoms with Gasteiger partial charge in [0, 0.05) is 17.4 Å². The molecule has 35 heavy (non-hydrogen) atoms. The molecule has 2 N–H and O–H groups in total. The lowest BCUT2D eigenvalue weighted by Crippen LogP contribution is -2.38. The highest BCUT2D eigenvalue weighted by molar-refractivity contribution is 7.80. The van der Waals surface area contributed by atoms with E-state index in [1.165, 1.54) is 0 Å². The van der Waals surface area contributed by atoms with Gasteiger partial charge in [-0.25, -0.2) is 4.98 Å². The van der Waals surface area contributed by atoms with Crippen LogP contribution in [0.3, 0.4) is 0 Å².